The molecule has 2 aromatic heterocycles. The van der Waals surface area contributed by atoms with Crippen LogP contribution in [0.4, 0.5) is 0 Å². The number of hydrogen-bond donors (Lipinski definition) is 0. The molecule has 2 rings (SSSR count). The molecule has 2 heterocycles. The van der Waals surface area contributed by atoms with Crippen molar-refractivity contribution in [3.63, 3.8) is 0 Å². The molecule has 5 heteroatoms. The van der Waals surface area contributed by atoms with Gasteiger partial charge in [0.05, 0.1) is 6.54 Å². The fourth-order valence-corrected chi connectivity index (χ4v) is 2.92. The lowest BCUT2D eigenvalue weighted by Crippen LogP contribution is -2.20. The van der Waals surface area contributed by atoms with Crippen molar-refractivity contribution in [2.45, 2.75) is 39.9 Å². The van der Waals surface area contributed by atoms with Gasteiger partial charge in [0.2, 0.25) is 0 Å². The maximum absolute atomic E-state index is 4.20. The Hall–Kier alpha value is -1.20. The lowest BCUT2D eigenvalue weighted by atomic mass is 10.3. The van der Waals surface area contributed by atoms with Gasteiger partial charge in [0, 0.05) is 18.0 Å². The van der Waals surface area contributed by atoms with Gasteiger partial charge in [-0.25, -0.2) is 0 Å². The first-order chi connectivity index (χ1) is 8.70. The molecule has 0 aliphatic carbocycles. The number of nitrogens with zero attached hydrogens (tertiary/aromatic N) is 4. The van der Waals surface area contributed by atoms with Gasteiger partial charge in [-0.2, -0.15) is 0 Å². The summed E-state index contributed by atoms with van der Waals surface area (Å²) in [5.41, 5.74) is 1.38. The second-order valence-corrected chi connectivity index (χ2v) is 5.64. The minimum atomic E-state index is 0.845. The van der Waals surface area contributed by atoms with Gasteiger partial charge in [-0.1, -0.05) is 6.92 Å². The molecule has 98 valence electrons. The molecule has 2 aromatic rings. The SMILES string of the molecule is CCCn1cnnc1CN(C)Cc1sccc1C. The van der Waals surface area contributed by atoms with Crippen LogP contribution in [0.25, 0.3) is 0 Å². The van der Waals surface area contributed by atoms with Crippen LogP contribution in [0.2, 0.25) is 0 Å². The van der Waals surface area contributed by atoms with Crippen molar-refractivity contribution in [3.8, 4) is 0 Å². The highest BCUT2D eigenvalue weighted by atomic mass is 32.1. The first kappa shape index (κ1) is 13.2. The Morgan fingerprint density at radius 3 is 2.89 bits per heavy atom. The molecule has 0 saturated carbocycles. The lowest BCUT2D eigenvalue weighted by Gasteiger charge is -2.16. The van der Waals surface area contributed by atoms with Gasteiger partial charge < -0.3 is 4.57 Å². The van der Waals surface area contributed by atoms with E-state index in [-0.39, 0.29) is 0 Å². The topological polar surface area (TPSA) is 34.0 Å². The van der Waals surface area contributed by atoms with E-state index < -0.39 is 0 Å². The summed E-state index contributed by atoms with van der Waals surface area (Å²) in [5.74, 6) is 1.05. The van der Waals surface area contributed by atoms with Crippen molar-refractivity contribution < 1.29 is 0 Å². The number of aromatic nitrogens is 3. The van der Waals surface area contributed by atoms with Crippen LogP contribution in [0, 0.1) is 6.92 Å². The third-order valence-corrected chi connectivity index (χ3v) is 3.96. The van der Waals surface area contributed by atoms with E-state index in [0.717, 1.165) is 31.9 Å². The van der Waals surface area contributed by atoms with E-state index >= 15 is 0 Å². The Morgan fingerprint density at radius 2 is 2.22 bits per heavy atom. The Morgan fingerprint density at radius 1 is 1.39 bits per heavy atom. The van der Waals surface area contributed by atoms with Crippen molar-refractivity contribution in [2.24, 2.45) is 0 Å². The van der Waals surface area contributed by atoms with Crippen LogP contribution in [0.3, 0.4) is 0 Å². The maximum Gasteiger partial charge on any atom is 0.147 e. The lowest BCUT2D eigenvalue weighted by molar-refractivity contribution is 0.306. The molecule has 4 nitrogen and oxygen atoms in total. The van der Waals surface area contributed by atoms with Gasteiger partial charge in [0.15, 0.2) is 0 Å². The third-order valence-electron chi connectivity index (χ3n) is 2.95. The molecule has 0 radical (unpaired) electrons. The summed E-state index contributed by atoms with van der Waals surface area (Å²) in [7, 11) is 2.13. The minimum absolute atomic E-state index is 0.845. The molecule has 0 amide bonds. The molecule has 0 spiro atoms. The molecule has 0 N–H and O–H groups in total. The summed E-state index contributed by atoms with van der Waals surface area (Å²) >= 11 is 1.82. The number of hydrogen-bond acceptors (Lipinski definition) is 4. The van der Waals surface area contributed by atoms with E-state index in [1.807, 2.05) is 17.7 Å². The quantitative estimate of drug-likeness (QED) is 0.804. The molecule has 0 atom stereocenters. The van der Waals surface area contributed by atoms with Gasteiger partial charge in [0.1, 0.15) is 12.2 Å². The third kappa shape index (κ3) is 3.17. The Bertz CT molecular complexity index is 489. The number of thiophene rings is 1. The summed E-state index contributed by atoms with van der Waals surface area (Å²) < 4.78 is 2.14. The molecule has 0 bridgehead atoms. The van der Waals surface area contributed by atoms with Crippen molar-refractivity contribution in [2.75, 3.05) is 7.05 Å². The van der Waals surface area contributed by atoms with Crippen molar-refractivity contribution in [1.29, 1.82) is 0 Å². The summed E-state index contributed by atoms with van der Waals surface area (Å²) in [5, 5.41) is 10.3. The largest absolute Gasteiger partial charge is 0.317 e. The van der Waals surface area contributed by atoms with Crippen LogP contribution in [0.1, 0.15) is 29.6 Å². The molecule has 0 saturated heterocycles. The highest BCUT2D eigenvalue weighted by Gasteiger charge is 2.09. The Kier molecular flexibility index (Phi) is 4.49. The predicted octanol–water partition coefficient (Wildman–Crippen LogP) is 2.69. The highest BCUT2D eigenvalue weighted by molar-refractivity contribution is 7.10. The number of rotatable bonds is 6. The average Bonchev–Trinajstić information content (AvgIpc) is 2.91. The first-order valence-electron chi connectivity index (χ1n) is 6.29. The minimum Gasteiger partial charge on any atom is -0.317 e. The van der Waals surface area contributed by atoms with Crippen molar-refractivity contribution in [3.05, 3.63) is 34.0 Å². The molecule has 0 aromatic carbocycles. The molecule has 0 aliphatic heterocycles. The van der Waals surface area contributed by atoms with Crippen molar-refractivity contribution in [1.82, 2.24) is 19.7 Å². The van der Waals surface area contributed by atoms with Gasteiger partial charge in [-0.3, -0.25) is 4.90 Å². The zero-order chi connectivity index (χ0) is 13.0. The number of aryl methyl sites for hydroxylation is 2. The summed E-state index contributed by atoms with van der Waals surface area (Å²) in [4.78, 5) is 3.72. The molecule has 0 fully saturated rings. The zero-order valence-electron chi connectivity index (χ0n) is 11.3. The second-order valence-electron chi connectivity index (χ2n) is 4.64. The first-order valence-corrected chi connectivity index (χ1v) is 7.17. The average molecular weight is 264 g/mol. The van der Waals surface area contributed by atoms with E-state index in [9.17, 15) is 0 Å². The van der Waals surface area contributed by atoms with E-state index in [4.69, 9.17) is 0 Å². The van der Waals surface area contributed by atoms with Gasteiger partial charge in [-0.05, 0) is 37.4 Å². The summed E-state index contributed by atoms with van der Waals surface area (Å²) in [6.45, 7) is 7.15. The predicted molar refractivity (Wildman–Crippen MR) is 74.5 cm³/mol. The van der Waals surface area contributed by atoms with Gasteiger partial charge in [0.25, 0.3) is 0 Å². The fourth-order valence-electron chi connectivity index (χ4n) is 1.94. The Labute approximate surface area is 112 Å². The van der Waals surface area contributed by atoms with Crippen molar-refractivity contribution >= 4 is 11.3 Å². The zero-order valence-corrected chi connectivity index (χ0v) is 12.1. The normalized spacial score (nSPS) is 11.3. The highest BCUT2D eigenvalue weighted by Crippen LogP contribution is 2.17. The van der Waals surface area contributed by atoms with E-state index in [1.165, 1.54) is 10.4 Å². The van der Waals surface area contributed by atoms with Crippen LogP contribution in [0.15, 0.2) is 17.8 Å². The molecular weight excluding hydrogens is 244 g/mol. The second kappa shape index (κ2) is 6.11. The van der Waals surface area contributed by atoms with Crippen LogP contribution < -0.4 is 0 Å². The van der Waals surface area contributed by atoms with E-state index in [1.54, 1.807) is 0 Å². The Balaban J connectivity index is 1.96. The fraction of sp³-hybridized carbons (Fsp3) is 0.538. The molecule has 18 heavy (non-hydrogen) atoms. The molecule has 0 unspecified atom stereocenters. The monoisotopic (exact) mass is 264 g/mol. The van der Waals surface area contributed by atoms with E-state index in [2.05, 4.69) is 52.0 Å². The smallest absolute Gasteiger partial charge is 0.147 e. The van der Waals surface area contributed by atoms with Crippen LogP contribution >= 0.6 is 11.3 Å². The standard InChI is InChI=1S/C13H20N4S/c1-4-6-17-10-14-15-13(17)9-16(3)8-12-11(2)5-7-18-12/h5,7,10H,4,6,8-9H2,1-3H3. The van der Waals surface area contributed by atoms with Gasteiger partial charge in [-0.15, -0.1) is 21.5 Å². The van der Waals surface area contributed by atoms with E-state index in [0.29, 0.717) is 0 Å². The van der Waals surface area contributed by atoms with Crippen LogP contribution in [-0.2, 0) is 19.6 Å². The summed E-state index contributed by atoms with van der Waals surface area (Å²) in [6.07, 6.45) is 2.93. The van der Waals surface area contributed by atoms with Crippen LogP contribution in [-0.4, -0.2) is 26.7 Å². The molecular formula is C13H20N4S. The van der Waals surface area contributed by atoms with Crippen LogP contribution in [0.5, 0.6) is 0 Å². The summed E-state index contributed by atoms with van der Waals surface area (Å²) in [6, 6.07) is 2.17. The van der Waals surface area contributed by atoms with Gasteiger partial charge >= 0.3 is 0 Å². The molecule has 0 aliphatic rings. The maximum atomic E-state index is 4.20.